The molecule has 0 aliphatic heterocycles. The lowest BCUT2D eigenvalue weighted by atomic mass is 10.0. The minimum atomic E-state index is 0.111. The Morgan fingerprint density at radius 1 is 1.31 bits per heavy atom. The summed E-state index contributed by atoms with van der Waals surface area (Å²) in [6, 6.07) is 6.50. The van der Waals surface area contributed by atoms with E-state index in [0.29, 0.717) is 0 Å². The van der Waals surface area contributed by atoms with Gasteiger partial charge in [0.25, 0.3) is 0 Å². The minimum absolute atomic E-state index is 0.111. The van der Waals surface area contributed by atoms with Crippen LogP contribution in [-0.2, 0) is 0 Å². The van der Waals surface area contributed by atoms with E-state index >= 15 is 0 Å². The number of rotatable bonds is 2. The third-order valence-electron chi connectivity index (χ3n) is 2.27. The minimum Gasteiger partial charge on any atom is -0.378 e. The Morgan fingerprint density at radius 2 is 1.92 bits per heavy atom. The van der Waals surface area contributed by atoms with Gasteiger partial charge in [0, 0.05) is 25.8 Å². The fourth-order valence-electron chi connectivity index (χ4n) is 1.40. The number of benzene rings is 1. The van der Waals surface area contributed by atoms with Crippen molar-refractivity contribution in [3.8, 4) is 0 Å². The maximum Gasteiger partial charge on any atom is 0.0364 e. The van der Waals surface area contributed by atoms with Crippen LogP contribution in [0.1, 0.15) is 24.1 Å². The van der Waals surface area contributed by atoms with E-state index in [1.165, 1.54) is 16.8 Å². The van der Waals surface area contributed by atoms with E-state index in [1.807, 2.05) is 21.0 Å². The molecular formula is C11H18N2. The highest BCUT2D eigenvalue weighted by Crippen LogP contribution is 2.21. The quantitative estimate of drug-likeness (QED) is 0.751. The Kier molecular flexibility index (Phi) is 2.94. The van der Waals surface area contributed by atoms with Gasteiger partial charge in [0.05, 0.1) is 0 Å². The molecule has 0 aromatic heterocycles. The zero-order chi connectivity index (χ0) is 10.0. The van der Waals surface area contributed by atoms with Crippen LogP contribution >= 0.6 is 0 Å². The second-order valence-electron chi connectivity index (χ2n) is 3.72. The largest absolute Gasteiger partial charge is 0.378 e. The van der Waals surface area contributed by atoms with Crippen molar-refractivity contribution in [1.82, 2.24) is 0 Å². The Morgan fingerprint density at radius 3 is 2.38 bits per heavy atom. The van der Waals surface area contributed by atoms with Crippen molar-refractivity contribution < 1.29 is 0 Å². The van der Waals surface area contributed by atoms with Crippen molar-refractivity contribution in [1.29, 1.82) is 0 Å². The predicted molar refractivity (Wildman–Crippen MR) is 58.1 cm³/mol. The molecule has 72 valence electrons. The smallest absolute Gasteiger partial charge is 0.0364 e. The van der Waals surface area contributed by atoms with Gasteiger partial charge in [-0.25, -0.2) is 0 Å². The van der Waals surface area contributed by atoms with Crippen LogP contribution in [0.5, 0.6) is 0 Å². The van der Waals surface area contributed by atoms with Crippen molar-refractivity contribution in [2.75, 3.05) is 19.0 Å². The fourth-order valence-corrected chi connectivity index (χ4v) is 1.40. The summed E-state index contributed by atoms with van der Waals surface area (Å²) in [5.41, 5.74) is 9.56. The van der Waals surface area contributed by atoms with Gasteiger partial charge in [-0.3, -0.25) is 0 Å². The monoisotopic (exact) mass is 178 g/mol. The standard InChI is InChI=1S/C11H18N2/c1-8-5-6-10(13(3)4)7-11(8)9(2)12/h5-7,9H,12H2,1-4H3/t9-/m1/s1. The lowest BCUT2D eigenvalue weighted by Crippen LogP contribution is -2.12. The molecule has 0 spiro atoms. The van der Waals surface area contributed by atoms with Gasteiger partial charge in [0.15, 0.2) is 0 Å². The van der Waals surface area contributed by atoms with E-state index < -0.39 is 0 Å². The first-order valence-corrected chi connectivity index (χ1v) is 4.56. The van der Waals surface area contributed by atoms with Gasteiger partial charge in [0.1, 0.15) is 0 Å². The van der Waals surface area contributed by atoms with Gasteiger partial charge in [-0.1, -0.05) is 6.07 Å². The molecule has 1 atom stereocenters. The first-order chi connectivity index (χ1) is 6.02. The molecule has 2 N–H and O–H groups in total. The number of aryl methyl sites for hydroxylation is 1. The Labute approximate surface area is 80.4 Å². The van der Waals surface area contributed by atoms with Crippen molar-refractivity contribution in [3.63, 3.8) is 0 Å². The van der Waals surface area contributed by atoms with Crippen molar-refractivity contribution >= 4 is 5.69 Å². The molecule has 0 saturated heterocycles. The summed E-state index contributed by atoms with van der Waals surface area (Å²) in [6.07, 6.45) is 0. The van der Waals surface area contributed by atoms with Crippen molar-refractivity contribution in [2.24, 2.45) is 5.73 Å². The maximum atomic E-state index is 5.87. The second-order valence-corrected chi connectivity index (χ2v) is 3.72. The van der Waals surface area contributed by atoms with E-state index in [1.54, 1.807) is 0 Å². The molecule has 0 heterocycles. The van der Waals surface area contributed by atoms with Crippen molar-refractivity contribution in [2.45, 2.75) is 19.9 Å². The SMILES string of the molecule is Cc1ccc(N(C)C)cc1[C@@H](C)N. The molecule has 0 saturated carbocycles. The van der Waals surface area contributed by atoms with E-state index in [4.69, 9.17) is 5.73 Å². The van der Waals surface area contributed by atoms with E-state index in [-0.39, 0.29) is 6.04 Å². The highest BCUT2D eigenvalue weighted by molar-refractivity contribution is 5.50. The molecule has 1 aromatic carbocycles. The maximum absolute atomic E-state index is 5.87. The first-order valence-electron chi connectivity index (χ1n) is 4.56. The lowest BCUT2D eigenvalue weighted by Gasteiger charge is -2.17. The fraction of sp³-hybridized carbons (Fsp3) is 0.455. The zero-order valence-electron chi connectivity index (χ0n) is 8.83. The highest BCUT2D eigenvalue weighted by atomic mass is 15.1. The molecule has 0 fully saturated rings. The molecule has 1 aromatic rings. The molecule has 0 aliphatic carbocycles. The van der Waals surface area contributed by atoms with Crippen LogP contribution in [-0.4, -0.2) is 14.1 Å². The third kappa shape index (κ3) is 2.22. The summed E-state index contributed by atoms with van der Waals surface area (Å²) in [6.45, 7) is 4.11. The molecular weight excluding hydrogens is 160 g/mol. The average Bonchev–Trinajstić information content (AvgIpc) is 2.04. The van der Waals surface area contributed by atoms with Gasteiger partial charge in [-0.05, 0) is 37.1 Å². The average molecular weight is 178 g/mol. The van der Waals surface area contributed by atoms with Crippen LogP contribution in [0, 0.1) is 6.92 Å². The predicted octanol–water partition coefficient (Wildman–Crippen LogP) is 2.08. The summed E-state index contributed by atoms with van der Waals surface area (Å²) < 4.78 is 0. The Balaban J connectivity index is 3.11. The zero-order valence-corrected chi connectivity index (χ0v) is 8.83. The highest BCUT2D eigenvalue weighted by Gasteiger charge is 2.05. The molecule has 2 heteroatoms. The molecule has 0 unspecified atom stereocenters. The van der Waals surface area contributed by atoms with Crippen LogP contribution in [0.25, 0.3) is 0 Å². The molecule has 0 aliphatic rings. The molecule has 13 heavy (non-hydrogen) atoms. The molecule has 1 rings (SSSR count). The number of nitrogens with two attached hydrogens (primary N) is 1. The van der Waals surface area contributed by atoms with Crippen LogP contribution in [0.3, 0.4) is 0 Å². The number of anilines is 1. The summed E-state index contributed by atoms with van der Waals surface area (Å²) in [7, 11) is 4.07. The number of nitrogens with zero attached hydrogens (tertiary/aromatic N) is 1. The second kappa shape index (κ2) is 3.79. The normalized spacial score (nSPS) is 12.7. The van der Waals surface area contributed by atoms with Crippen LogP contribution in [0.15, 0.2) is 18.2 Å². The van der Waals surface area contributed by atoms with E-state index in [2.05, 4.69) is 30.0 Å². The van der Waals surface area contributed by atoms with E-state index in [9.17, 15) is 0 Å². The Bertz CT molecular complexity index is 290. The molecule has 0 radical (unpaired) electrons. The molecule has 0 amide bonds. The molecule has 2 nitrogen and oxygen atoms in total. The van der Waals surface area contributed by atoms with Gasteiger partial charge < -0.3 is 10.6 Å². The molecule has 0 bridgehead atoms. The first kappa shape index (κ1) is 10.1. The van der Waals surface area contributed by atoms with Crippen LogP contribution in [0.4, 0.5) is 5.69 Å². The van der Waals surface area contributed by atoms with Gasteiger partial charge in [-0.15, -0.1) is 0 Å². The Hall–Kier alpha value is -1.02. The number of hydrogen-bond donors (Lipinski definition) is 1. The summed E-state index contributed by atoms with van der Waals surface area (Å²) in [5.74, 6) is 0. The topological polar surface area (TPSA) is 29.3 Å². The van der Waals surface area contributed by atoms with Gasteiger partial charge in [-0.2, -0.15) is 0 Å². The summed E-state index contributed by atoms with van der Waals surface area (Å²) in [5, 5.41) is 0. The summed E-state index contributed by atoms with van der Waals surface area (Å²) >= 11 is 0. The third-order valence-corrected chi connectivity index (χ3v) is 2.27. The van der Waals surface area contributed by atoms with Crippen LogP contribution < -0.4 is 10.6 Å². The number of hydrogen-bond acceptors (Lipinski definition) is 2. The summed E-state index contributed by atoms with van der Waals surface area (Å²) in [4.78, 5) is 2.09. The van der Waals surface area contributed by atoms with Gasteiger partial charge in [0.2, 0.25) is 0 Å². The van der Waals surface area contributed by atoms with E-state index in [0.717, 1.165) is 0 Å². The van der Waals surface area contributed by atoms with Crippen molar-refractivity contribution in [3.05, 3.63) is 29.3 Å². The van der Waals surface area contributed by atoms with Crippen LogP contribution in [0.2, 0.25) is 0 Å². The lowest BCUT2D eigenvalue weighted by molar-refractivity contribution is 0.809. The van der Waals surface area contributed by atoms with Gasteiger partial charge >= 0.3 is 0 Å².